The third kappa shape index (κ3) is 12.4. The van der Waals surface area contributed by atoms with Gasteiger partial charge in [0.05, 0.1) is 0 Å². The van der Waals surface area contributed by atoms with Crippen LogP contribution in [0.1, 0.15) is 12.8 Å². The van der Waals surface area contributed by atoms with Gasteiger partial charge in [-0.05, 0) is 11.5 Å². The highest BCUT2D eigenvalue weighted by Crippen LogP contribution is 2.74. The predicted molar refractivity (Wildman–Crippen MR) is 197 cm³/mol. The van der Waals surface area contributed by atoms with Gasteiger partial charge in [0, 0.05) is 12.8 Å². The molecule has 0 aromatic rings. The Morgan fingerprint density at radius 2 is 0.174 bits per heavy atom. The summed E-state index contributed by atoms with van der Waals surface area (Å²) in [6, 6.07) is 0. The Labute approximate surface area is 546 Å². The average Bonchev–Trinajstić information content (AvgIpc) is 0.680. The van der Waals surface area contributed by atoms with Gasteiger partial charge in [-0.15, -0.1) is 0 Å². The van der Waals surface area contributed by atoms with Gasteiger partial charge in [-0.1, -0.05) is 0 Å². The minimum Gasteiger partial charge on any atom is -0.200 e. The molecule has 0 aliphatic carbocycles. The smallest absolute Gasteiger partial charge is 0.200 e. The molecule has 109 heavy (non-hydrogen) atoms. The van der Waals surface area contributed by atoms with Crippen LogP contribution in [0.15, 0.2) is 0 Å². The summed E-state index contributed by atoms with van der Waals surface area (Å²) in [6.07, 6.45) is -25.9. The van der Waals surface area contributed by atoms with Crippen molar-refractivity contribution in [3.8, 4) is 0 Å². The molecule has 0 aliphatic rings. The Bertz CT molecular complexity index is 2980. The van der Waals surface area contributed by atoms with Crippen LogP contribution in [0.2, 0.25) is 0 Å². The average molecular weight is 1830 g/mol. The molecule has 0 rings (SSSR count). The molecule has 0 fully saturated rings. The van der Waals surface area contributed by atoms with Crippen molar-refractivity contribution in [1.82, 2.24) is 0 Å². The zero-order chi connectivity index (χ0) is 90.5. The molecule has 656 valence electrons. The number of halogens is 70. The van der Waals surface area contributed by atoms with Gasteiger partial charge in [0.1, 0.15) is 0 Å². The van der Waals surface area contributed by atoms with Crippen molar-refractivity contribution in [3.05, 3.63) is 0 Å². The molecule has 0 spiro atoms. The van der Waals surface area contributed by atoms with E-state index in [2.05, 4.69) is 0 Å². The Hall–Kier alpha value is -4.55. The van der Waals surface area contributed by atoms with Crippen LogP contribution in [0.5, 0.6) is 0 Å². The summed E-state index contributed by atoms with van der Waals surface area (Å²) >= 11 is -1.99. The maximum Gasteiger partial charge on any atom is 0.460 e. The van der Waals surface area contributed by atoms with E-state index in [0.717, 1.165) is 0 Å². The Morgan fingerprint density at radius 3 is 0.257 bits per heavy atom. The summed E-state index contributed by atoms with van der Waals surface area (Å²) in [5, 5.41) is 0. The summed E-state index contributed by atoms with van der Waals surface area (Å²) < 4.78 is 970. The van der Waals surface area contributed by atoms with Crippen molar-refractivity contribution >= 4 is 11.8 Å². The minimum atomic E-state index is -10.8. The summed E-state index contributed by atoms with van der Waals surface area (Å²) in [6.45, 7) is 0. The predicted octanol–water partition coefficient (Wildman–Crippen LogP) is 24.0. The zero-order valence-corrected chi connectivity index (χ0v) is 47.5. The molecule has 0 radical (unpaired) electrons. The molecule has 0 nitrogen and oxygen atoms in total. The van der Waals surface area contributed by atoms with E-state index in [0.29, 0.717) is 0 Å². The SMILES string of the molecule is FC(F)(F)C(F)(F)C(F)(F)C(F)(F)C(F)(F)C(F)(F)C(F)(F)C(F)(F)C(F)(F)C(F)(F)C(F)(F)C(F)(F)C(F)(F)C(F)(F)C(F)(F)C(F)(F)C(F)(F)CCSCCC(F)(F)C(F)(F)C(F)(F)C(F)(F)C(F)(F)C(F)(F)C(F)(F)C(F)(F)C(F)(F)C(F)(F)C(F)(F)C(F)(F)C(F)(F)C(F)(F)C(F)(F)C(F)(F)C(F)(F)F. The highest BCUT2D eigenvalue weighted by atomic mass is 32.2. The molecular weight excluding hydrogens is 1820 g/mol. The topological polar surface area (TPSA) is 0 Å². The third-order valence-corrected chi connectivity index (χ3v) is 14.8. The molecule has 0 N–H and O–H groups in total. The summed E-state index contributed by atoms with van der Waals surface area (Å²) in [5.74, 6) is -331. The van der Waals surface area contributed by atoms with E-state index >= 15 is 0 Å². The van der Waals surface area contributed by atoms with Gasteiger partial charge in [0.25, 0.3) is 0 Å². The van der Waals surface area contributed by atoms with Crippen LogP contribution in [0.4, 0.5) is 307 Å². The molecule has 0 aromatic carbocycles. The van der Waals surface area contributed by atoms with Gasteiger partial charge in [-0.2, -0.15) is 319 Å². The van der Waals surface area contributed by atoms with E-state index in [-0.39, 0.29) is 0 Å². The molecular formula is C38H8F70S. The van der Waals surface area contributed by atoms with Crippen LogP contribution < -0.4 is 0 Å². The monoisotopic (exact) mass is 1830 g/mol. The van der Waals surface area contributed by atoms with Crippen molar-refractivity contribution in [2.75, 3.05) is 11.5 Å². The number of hydrogen-bond acceptors (Lipinski definition) is 1. The maximum absolute atomic E-state index is 14.3. The van der Waals surface area contributed by atoms with Crippen LogP contribution in [0.25, 0.3) is 0 Å². The molecule has 71 heteroatoms. The first kappa shape index (κ1) is 104. The number of rotatable bonds is 36. The zero-order valence-electron chi connectivity index (χ0n) is 46.7. The first-order valence-electron chi connectivity index (χ1n) is 23.5. The summed E-state index contributed by atoms with van der Waals surface area (Å²) in [5.41, 5.74) is 0. The standard InChI is InChI=1S/C38H8F70S/c39-5(40,7(43,44)9(47,48)11(51,52)13(55,56)15(59,60)17(63,64)19(67,68)21(71,72)23(75,76)25(79,80)27(83,84)29(87,88)31(91,92)33(95,96)35(99,100)37(103,104)105)1-3-109-4-2-6(41,42)8(45,46)10(49,50)12(53,54)14(57,58)16(61,62)18(65,66)20(69,70)22(73,74)24(77,78)26(81,82)28(85,86)30(89,90)32(93,94)34(97,98)36(101,102)38(106,107)108/h1-4H2. The Kier molecular flexibility index (Phi) is 24.9. The quantitative estimate of drug-likeness (QED) is 0.0445. The van der Waals surface area contributed by atoms with Crippen LogP contribution in [-0.2, 0) is 0 Å². The largest absolute Gasteiger partial charge is 0.460 e. The van der Waals surface area contributed by atoms with Gasteiger partial charge in [0.15, 0.2) is 0 Å². The molecule has 0 amide bonds. The van der Waals surface area contributed by atoms with E-state index in [4.69, 9.17) is 0 Å². The van der Waals surface area contributed by atoms with E-state index in [1.165, 1.54) is 0 Å². The molecule has 0 bridgehead atoms. The molecule has 0 saturated heterocycles. The fraction of sp³-hybridized carbons (Fsp3) is 1.00. The van der Waals surface area contributed by atoms with Gasteiger partial charge in [-0.3, -0.25) is 0 Å². The molecule has 0 heterocycles. The van der Waals surface area contributed by atoms with Gasteiger partial charge < -0.3 is 0 Å². The minimum absolute atomic E-state index is 1.99. The van der Waals surface area contributed by atoms with Crippen molar-refractivity contribution in [2.45, 2.75) is 215 Å². The Balaban J connectivity index is 7.54. The molecule has 0 aliphatic heterocycles. The molecule has 0 unspecified atom stereocenters. The second kappa shape index (κ2) is 26.0. The third-order valence-electron chi connectivity index (χ3n) is 13.8. The van der Waals surface area contributed by atoms with Gasteiger partial charge in [0.2, 0.25) is 0 Å². The fourth-order valence-corrected chi connectivity index (χ4v) is 7.76. The lowest BCUT2D eigenvalue weighted by atomic mass is 9.82. The van der Waals surface area contributed by atoms with E-state index < -0.39 is 238 Å². The maximum atomic E-state index is 14.3. The number of thioether (sulfide) groups is 1. The van der Waals surface area contributed by atoms with E-state index in [1.807, 2.05) is 0 Å². The lowest BCUT2D eigenvalue weighted by molar-refractivity contribution is -0.492. The first-order valence-corrected chi connectivity index (χ1v) is 24.7. The van der Waals surface area contributed by atoms with Crippen molar-refractivity contribution < 1.29 is 307 Å². The van der Waals surface area contributed by atoms with Crippen molar-refractivity contribution in [2.24, 2.45) is 0 Å². The summed E-state index contributed by atoms with van der Waals surface area (Å²) in [4.78, 5) is 0. The molecule has 0 aromatic heterocycles. The van der Waals surface area contributed by atoms with Crippen LogP contribution in [0.3, 0.4) is 0 Å². The van der Waals surface area contributed by atoms with Crippen molar-refractivity contribution in [3.63, 3.8) is 0 Å². The lowest BCUT2D eigenvalue weighted by Gasteiger charge is -2.47. The number of alkyl halides is 70. The summed E-state index contributed by atoms with van der Waals surface area (Å²) in [7, 11) is 0. The second-order valence-corrected chi connectivity index (χ2v) is 22.0. The van der Waals surface area contributed by atoms with Crippen molar-refractivity contribution in [1.29, 1.82) is 0 Å². The first-order chi connectivity index (χ1) is 45.7. The highest BCUT2D eigenvalue weighted by molar-refractivity contribution is 7.99. The number of hydrogen-bond donors (Lipinski definition) is 0. The van der Waals surface area contributed by atoms with Crippen LogP contribution in [-0.4, -0.2) is 213 Å². The molecule has 0 atom stereocenters. The molecule has 0 saturated carbocycles. The van der Waals surface area contributed by atoms with Crippen LogP contribution in [0, 0.1) is 0 Å². The normalized spacial score (nSPS) is 17.4. The van der Waals surface area contributed by atoms with Crippen LogP contribution >= 0.6 is 11.8 Å². The highest BCUT2D eigenvalue weighted by Gasteiger charge is 3.06. The van der Waals surface area contributed by atoms with E-state index in [9.17, 15) is 307 Å². The Morgan fingerprint density at radius 1 is 0.101 bits per heavy atom. The second-order valence-electron chi connectivity index (χ2n) is 20.7. The van der Waals surface area contributed by atoms with E-state index in [1.54, 1.807) is 0 Å². The van der Waals surface area contributed by atoms with Gasteiger partial charge in [-0.25, -0.2) is 0 Å². The fourth-order valence-electron chi connectivity index (χ4n) is 6.76. The lowest BCUT2D eigenvalue weighted by Crippen LogP contribution is -2.80. The van der Waals surface area contributed by atoms with Gasteiger partial charge >= 0.3 is 202 Å².